The molecule has 19 heteroatoms. The second-order valence-electron chi connectivity index (χ2n) is 28.5. The molecule has 19 nitrogen and oxygen atoms in total. The molecule has 1 amide bonds. The Morgan fingerprint density at radius 1 is 0.365 bits per heavy atom. The fraction of sp³-hybridized carbons (Fsp3) is 0.935. The van der Waals surface area contributed by atoms with Crippen LogP contribution in [0.3, 0.4) is 0 Å². The summed E-state index contributed by atoms with van der Waals surface area (Å²) in [7, 11) is 0. The van der Waals surface area contributed by atoms with Crippen LogP contribution < -0.4 is 5.32 Å². The molecule has 3 heterocycles. The van der Waals surface area contributed by atoms with Gasteiger partial charge in [0.1, 0.15) is 73.2 Å². The van der Waals surface area contributed by atoms with Gasteiger partial charge >= 0.3 is 0 Å². The van der Waals surface area contributed by atoms with Crippen molar-refractivity contribution in [2.45, 2.75) is 433 Å². The van der Waals surface area contributed by atoms with E-state index in [4.69, 9.17) is 28.4 Å². The number of unbranched alkanes of at least 4 members (excludes halogenated alkanes) is 45. The van der Waals surface area contributed by atoms with Gasteiger partial charge in [-0.25, -0.2) is 0 Å². The number of carbonyl (C=O) groups excluding carboxylic acids is 1. The third kappa shape index (κ3) is 39.1. The van der Waals surface area contributed by atoms with Crippen molar-refractivity contribution in [1.29, 1.82) is 0 Å². The number of rotatable bonds is 63. The van der Waals surface area contributed by atoms with E-state index >= 15 is 0 Å². The van der Waals surface area contributed by atoms with Crippen LogP contribution in [-0.4, -0.2) is 193 Å². The minimum atomic E-state index is -1.98. The van der Waals surface area contributed by atoms with Crippen molar-refractivity contribution in [1.82, 2.24) is 5.32 Å². The van der Waals surface area contributed by atoms with Crippen LogP contribution in [-0.2, 0) is 33.2 Å². The first-order valence-electron chi connectivity index (χ1n) is 39.6. The van der Waals surface area contributed by atoms with Gasteiger partial charge < -0.3 is 89.9 Å². The Bertz CT molecular complexity index is 1830. The van der Waals surface area contributed by atoms with Gasteiger partial charge in [0.15, 0.2) is 18.9 Å². The van der Waals surface area contributed by atoms with E-state index in [9.17, 15) is 61.0 Å². The molecular weight excluding hydrogens is 1230 g/mol. The zero-order valence-corrected chi connectivity index (χ0v) is 60.4. The number of allylic oxidation sites excluding steroid dienone is 3. The largest absolute Gasteiger partial charge is 0.394 e. The fourth-order valence-electron chi connectivity index (χ4n) is 13.6. The lowest BCUT2D eigenvalue weighted by atomic mass is 9.96. The second-order valence-corrected chi connectivity index (χ2v) is 28.5. The van der Waals surface area contributed by atoms with Crippen LogP contribution in [0.5, 0.6) is 0 Å². The van der Waals surface area contributed by atoms with Crippen molar-refractivity contribution in [3.63, 3.8) is 0 Å². The van der Waals surface area contributed by atoms with E-state index in [1.165, 1.54) is 257 Å². The molecular formula is C77H145NO18. The Morgan fingerprint density at radius 2 is 0.667 bits per heavy atom. The highest BCUT2D eigenvalue weighted by molar-refractivity contribution is 5.76. The molecule has 0 aromatic rings. The van der Waals surface area contributed by atoms with Crippen LogP contribution in [0.25, 0.3) is 0 Å². The van der Waals surface area contributed by atoms with Crippen LogP contribution in [0.2, 0.25) is 0 Å². The highest BCUT2D eigenvalue weighted by Crippen LogP contribution is 2.33. The van der Waals surface area contributed by atoms with Crippen LogP contribution in [0.1, 0.15) is 328 Å². The van der Waals surface area contributed by atoms with Crippen molar-refractivity contribution in [3.05, 3.63) is 24.3 Å². The molecule has 3 aliphatic rings. The molecule has 0 bridgehead atoms. The van der Waals surface area contributed by atoms with Crippen LogP contribution in [0, 0.1) is 0 Å². The van der Waals surface area contributed by atoms with Gasteiger partial charge in [0.25, 0.3) is 0 Å². The summed E-state index contributed by atoms with van der Waals surface area (Å²) >= 11 is 0. The van der Waals surface area contributed by atoms with Crippen LogP contribution in [0.4, 0.5) is 0 Å². The SMILES string of the molecule is CCCCCCCCCCCCCCCCCC/C=C/CC/C=C/C(O)C(COC1OC(CO)C(OC2OC(CO)C(OC3OC(CO)C(O)C(O)C3O)C(O)C2O)C(O)C1O)NC(=O)CCCCCCCCCCCCCCCCCCCCCCCCCCCCCCC. The smallest absolute Gasteiger partial charge is 0.220 e. The standard InChI is InChI=1S/C77H145NO18/c1-3-5-7-9-11-13-15-17-19-21-23-25-27-28-29-30-31-32-33-35-37-39-41-43-45-47-49-51-53-55-65(83)78-60(61(82)54-52-50-48-46-44-42-40-38-36-34-26-24-22-20-18-16-14-12-10-8-6-4-2)59-91-75-71(89)68(86)73(63(57-80)93-75)96-77-72(90)69(87)74(64(58-81)94-77)95-76-70(88)67(85)66(84)62(56-79)92-76/h44,46,52,54,60-64,66-77,79-82,84-90H,3-43,45,47-51,53,55-59H2,1-2H3,(H,78,83)/b46-44+,54-52+. The third-order valence-corrected chi connectivity index (χ3v) is 20.0. The Morgan fingerprint density at radius 3 is 1.04 bits per heavy atom. The van der Waals surface area contributed by atoms with Gasteiger partial charge in [-0.1, -0.05) is 314 Å². The molecule has 17 unspecified atom stereocenters. The lowest BCUT2D eigenvalue weighted by Crippen LogP contribution is -2.66. The number of aliphatic hydroxyl groups excluding tert-OH is 11. The van der Waals surface area contributed by atoms with E-state index in [0.29, 0.717) is 12.8 Å². The number of amides is 1. The summed E-state index contributed by atoms with van der Waals surface area (Å²) in [6.07, 6.45) is 43.2. The molecule has 12 N–H and O–H groups in total. The van der Waals surface area contributed by atoms with Gasteiger partial charge in [-0.2, -0.15) is 0 Å². The molecule has 96 heavy (non-hydrogen) atoms. The molecule has 0 saturated carbocycles. The number of ether oxygens (including phenoxy) is 6. The Labute approximate surface area is 581 Å². The predicted molar refractivity (Wildman–Crippen MR) is 379 cm³/mol. The van der Waals surface area contributed by atoms with Crippen molar-refractivity contribution in [2.24, 2.45) is 0 Å². The second kappa shape index (κ2) is 58.7. The third-order valence-electron chi connectivity index (χ3n) is 20.0. The monoisotopic (exact) mass is 1370 g/mol. The van der Waals surface area contributed by atoms with E-state index in [1.54, 1.807) is 6.08 Å². The van der Waals surface area contributed by atoms with E-state index < -0.39 is 124 Å². The maximum absolute atomic E-state index is 13.5. The Hall–Kier alpha value is -1.73. The zero-order chi connectivity index (χ0) is 69.6. The van der Waals surface area contributed by atoms with Crippen molar-refractivity contribution >= 4 is 5.91 Å². The minimum Gasteiger partial charge on any atom is -0.394 e. The van der Waals surface area contributed by atoms with Gasteiger partial charge in [0.05, 0.1) is 38.6 Å². The minimum absolute atomic E-state index is 0.241. The summed E-state index contributed by atoms with van der Waals surface area (Å²) in [6.45, 7) is 1.77. The topological polar surface area (TPSA) is 307 Å². The molecule has 0 radical (unpaired) electrons. The van der Waals surface area contributed by atoms with Gasteiger partial charge in [0, 0.05) is 6.42 Å². The molecule has 566 valence electrons. The summed E-state index contributed by atoms with van der Waals surface area (Å²) in [5, 5.41) is 121. The summed E-state index contributed by atoms with van der Waals surface area (Å²) < 4.78 is 34.4. The number of hydrogen-bond acceptors (Lipinski definition) is 18. The van der Waals surface area contributed by atoms with Crippen molar-refractivity contribution in [2.75, 3.05) is 26.4 Å². The molecule has 3 aliphatic heterocycles. The molecule has 3 fully saturated rings. The number of aliphatic hydroxyl groups is 11. The molecule has 3 saturated heterocycles. The maximum Gasteiger partial charge on any atom is 0.220 e. The number of hydrogen-bond donors (Lipinski definition) is 12. The molecule has 17 atom stereocenters. The van der Waals surface area contributed by atoms with Crippen molar-refractivity contribution < 1.29 is 89.4 Å². The molecule has 0 aliphatic carbocycles. The maximum atomic E-state index is 13.5. The highest BCUT2D eigenvalue weighted by atomic mass is 16.8. The van der Waals surface area contributed by atoms with Crippen LogP contribution in [0.15, 0.2) is 24.3 Å². The molecule has 0 aromatic carbocycles. The number of nitrogens with one attached hydrogen (secondary N) is 1. The van der Waals surface area contributed by atoms with Gasteiger partial charge in [-0.05, 0) is 32.1 Å². The van der Waals surface area contributed by atoms with E-state index in [1.807, 2.05) is 6.08 Å². The summed E-state index contributed by atoms with van der Waals surface area (Å²) in [4.78, 5) is 13.5. The first kappa shape index (κ1) is 88.5. The van der Waals surface area contributed by atoms with Gasteiger partial charge in [-0.15, -0.1) is 0 Å². The summed E-state index contributed by atoms with van der Waals surface area (Å²) in [5.41, 5.74) is 0. The van der Waals surface area contributed by atoms with Gasteiger partial charge in [0.2, 0.25) is 5.91 Å². The zero-order valence-electron chi connectivity index (χ0n) is 60.4. The highest BCUT2D eigenvalue weighted by Gasteiger charge is 2.53. The lowest BCUT2D eigenvalue weighted by molar-refractivity contribution is -0.379. The first-order chi connectivity index (χ1) is 46.8. The van der Waals surface area contributed by atoms with E-state index in [0.717, 1.165) is 38.5 Å². The van der Waals surface area contributed by atoms with Crippen LogP contribution >= 0.6 is 0 Å². The van der Waals surface area contributed by atoms with Gasteiger partial charge in [-0.3, -0.25) is 4.79 Å². The number of carbonyl (C=O) groups is 1. The molecule has 3 rings (SSSR count). The lowest BCUT2D eigenvalue weighted by Gasteiger charge is -2.48. The molecule has 0 aromatic heterocycles. The van der Waals surface area contributed by atoms with Crippen molar-refractivity contribution in [3.8, 4) is 0 Å². The quantitative estimate of drug-likeness (QED) is 0.0199. The summed E-state index contributed by atoms with van der Waals surface area (Å²) in [6, 6.07) is -0.988. The van der Waals surface area contributed by atoms with E-state index in [-0.39, 0.29) is 18.9 Å². The molecule has 0 spiro atoms. The normalized spacial score (nSPS) is 27.1. The average Bonchev–Trinajstić information content (AvgIpc) is 0.787. The predicted octanol–water partition coefficient (Wildman–Crippen LogP) is 12.6. The fourth-order valence-corrected chi connectivity index (χ4v) is 13.6. The first-order valence-corrected chi connectivity index (χ1v) is 39.6. The van der Waals surface area contributed by atoms with E-state index in [2.05, 4.69) is 31.3 Å². The summed E-state index contributed by atoms with van der Waals surface area (Å²) in [5.74, 6) is -0.278. The Kier molecular flexibility index (Phi) is 54.1. The average molecular weight is 1370 g/mol. The Balaban J connectivity index is 1.39.